The van der Waals surface area contributed by atoms with Crippen molar-refractivity contribution in [1.82, 2.24) is 20.8 Å². The van der Waals surface area contributed by atoms with Crippen molar-refractivity contribution in [2.24, 2.45) is 0 Å². The maximum Gasteiger partial charge on any atom is 0.250 e. The number of hydrogen-bond donors (Lipinski definition) is 3. The van der Waals surface area contributed by atoms with E-state index in [-0.39, 0.29) is 11.9 Å². The standard InChI is InChI=1S/C14H17ClN4O2/c1-8(17-14(20)11-7-16-5-6-21-11)12-9-3-2-4-10(15)13(9)19-18-12/h2-4,8,11,16H,5-7H2,1H3,(H,17,20)(H,18,19)/t8?,11-/m0/s1. The summed E-state index contributed by atoms with van der Waals surface area (Å²) >= 11 is 6.12. The van der Waals surface area contributed by atoms with Gasteiger partial charge in [0.2, 0.25) is 0 Å². The number of aromatic nitrogens is 2. The highest BCUT2D eigenvalue weighted by molar-refractivity contribution is 6.35. The number of rotatable bonds is 3. The van der Waals surface area contributed by atoms with Crippen LogP contribution in [0.5, 0.6) is 0 Å². The molecule has 0 saturated carbocycles. The van der Waals surface area contributed by atoms with Gasteiger partial charge in [-0.25, -0.2) is 0 Å². The van der Waals surface area contributed by atoms with Crippen LogP contribution in [0.3, 0.4) is 0 Å². The molecule has 1 aromatic heterocycles. The van der Waals surface area contributed by atoms with Gasteiger partial charge in [0.25, 0.3) is 5.91 Å². The van der Waals surface area contributed by atoms with Gasteiger partial charge in [0.15, 0.2) is 0 Å². The van der Waals surface area contributed by atoms with Crippen LogP contribution in [-0.4, -0.2) is 41.9 Å². The van der Waals surface area contributed by atoms with Gasteiger partial charge < -0.3 is 15.4 Å². The third-order valence-corrected chi connectivity index (χ3v) is 3.88. The van der Waals surface area contributed by atoms with Crippen molar-refractivity contribution in [3.8, 4) is 0 Å². The van der Waals surface area contributed by atoms with Crippen molar-refractivity contribution >= 4 is 28.4 Å². The molecule has 3 N–H and O–H groups in total. The molecule has 6 nitrogen and oxygen atoms in total. The van der Waals surface area contributed by atoms with Gasteiger partial charge in [0.1, 0.15) is 6.10 Å². The molecule has 0 spiro atoms. The number of H-pyrrole nitrogens is 1. The molecule has 1 aromatic carbocycles. The zero-order valence-electron chi connectivity index (χ0n) is 11.6. The molecular formula is C14H17ClN4O2. The number of ether oxygens (including phenoxy) is 1. The van der Waals surface area contributed by atoms with E-state index in [1.165, 1.54) is 0 Å². The minimum Gasteiger partial charge on any atom is -0.366 e. The Bertz CT molecular complexity index is 651. The third-order valence-electron chi connectivity index (χ3n) is 3.57. The summed E-state index contributed by atoms with van der Waals surface area (Å²) in [6, 6.07) is 5.37. The molecule has 7 heteroatoms. The summed E-state index contributed by atoms with van der Waals surface area (Å²) in [6.45, 7) is 3.76. The lowest BCUT2D eigenvalue weighted by Crippen LogP contribution is -2.48. The largest absolute Gasteiger partial charge is 0.366 e. The SMILES string of the molecule is CC(NC(=O)[C@@H]1CNCCO1)c1n[nH]c2c(Cl)cccc12. The van der Waals surface area contributed by atoms with E-state index in [4.69, 9.17) is 16.3 Å². The minimum absolute atomic E-state index is 0.132. The van der Waals surface area contributed by atoms with E-state index in [9.17, 15) is 4.79 Å². The Morgan fingerprint density at radius 3 is 3.19 bits per heavy atom. The van der Waals surface area contributed by atoms with Crippen molar-refractivity contribution < 1.29 is 9.53 Å². The summed E-state index contributed by atoms with van der Waals surface area (Å²) in [7, 11) is 0. The summed E-state index contributed by atoms with van der Waals surface area (Å²) in [5, 5.41) is 14.8. The van der Waals surface area contributed by atoms with Crippen LogP contribution in [0.1, 0.15) is 18.7 Å². The molecule has 1 unspecified atom stereocenters. The van der Waals surface area contributed by atoms with Crippen molar-refractivity contribution in [2.45, 2.75) is 19.1 Å². The van der Waals surface area contributed by atoms with Crippen LogP contribution < -0.4 is 10.6 Å². The lowest BCUT2D eigenvalue weighted by molar-refractivity contribution is -0.134. The molecular weight excluding hydrogens is 292 g/mol. The Kier molecular flexibility index (Phi) is 4.10. The number of benzene rings is 1. The number of aromatic amines is 1. The van der Waals surface area contributed by atoms with Gasteiger partial charge in [0, 0.05) is 18.5 Å². The van der Waals surface area contributed by atoms with Crippen molar-refractivity contribution in [1.29, 1.82) is 0 Å². The van der Waals surface area contributed by atoms with E-state index >= 15 is 0 Å². The number of fused-ring (bicyclic) bond motifs is 1. The molecule has 2 aromatic rings. The molecule has 0 bridgehead atoms. The zero-order chi connectivity index (χ0) is 14.8. The minimum atomic E-state index is -0.449. The third kappa shape index (κ3) is 2.88. The highest BCUT2D eigenvalue weighted by atomic mass is 35.5. The van der Waals surface area contributed by atoms with E-state index in [2.05, 4.69) is 20.8 Å². The molecule has 2 atom stereocenters. The fourth-order valence-electron chi connectivity index (χ4n) is 2.47. The van der Waals surface area contributed by atoms with Gasteiger partial charge in [-0.3, -0.25) is 9.89 Å². The van der Waals surface area contributed by atoms with Gasteiger partial charge in [0.05, 0.1) is 28.9 Å². The number of nitrogens with one attached hydrogen (secondary N) is 3. The second-order valence-corrected chi connectivity index (χ2v) is 5.47. The van der Waals surface area contributed by atoms with E-state index in [1.54, 1.807) is 6.07 Å². The summed E-state index contributed by atoms with van der Waals surface area (Å²) in [6.07, 6.45) is -0.449. The summed E-state index contributed by atoms with van der Waals surface area (Å²) < 4.78 is 5.44. The Balaban J connectivity index is 1.76. The second-order valence-electron chi connectivity index (χ2n) is 5.07. The lowest BCUT2D eigenvalue weighted by atomic mass is 10.1. The van der Waals surface area contributed by atoms with Crippen LogP contribution in [-0.2, 0) is 9.53 Å². The first-order valence-electron chi connectivity index (χ1n) is 6.92. The van der Waals surface area contributed by atoms with E-state index in [0.717, 1.165) is 23.1 Å². The van der Waals surface area contributed by atoms with E-state index < -0.39 is 6.10 Å². The van der Waals surface area contributed by atoms with Crippen LogP contribution in [0.2, 0.25) is 5.02 Å². The number of halogens is 1. The zero-order valence-corrected chi connectivity index (χ0v) is 12.4. The van der Waals surface area contributed by atoms with Crippen LogP contribution in [0.15, 0.2) is 18.2 Å². The predicted octanol–water partition coefficient (Wildman–Crippen LogP) is 1.38. The van der Waals surface area contributed by atoms with Crippen molar-refractivity contribution in [3.05, 3.63) is 28.9 Å². The van der Waals surface area contributed by atoms with Gasteiger partial charge in [-0.05, 0) is 13.0 Å². The molecule has 0 radical (unpaired) electrons. The highest BCUT2D eigenvalue weighted by Crippen LogP contribution is 2.26. The molecule has 112 valence electrons. The molecule has 1 aliphatic heterocycles. The summed E-state index contributed by atoms with van der Waals surface area (Å²) in [4.78, 5) is 12.2. The van der Waals surface area contributed by atoms with Gasteiger partial charge in [-0.2, -0.15) is 5.10 Å². The number of amides is 1. The molecule has 21 heavy (non-hydrogen) atoms. The van der Waals surface area contributed by atoms with Gasteiger partial charge in [-0.15, -0.1) is 0 Å². The van der Waals surface area contributed by atoms with Crippen LogP contribution in [0.25, 0.3) is 10.9 Å². The molecule has 3 rings (SSSR count). The van der Waals surface area contributed by atoms with Crippen molar-refractivity contribution in [3.63, 3.8) is 0 Å². The second kappa shape index (κ2) is 6.01. The first-order valence-corrected chi connectivity index (χ1v) is 7.30. The number of morpholine rings is 1. The number of carbonyl (C=O) groups is 1. The fraction of sp³-hybridized carbons (Fsp3) is 0.429. The average Bonchev–Trinajstić information content (AvgIpc) is 2.93. The van der Waals surface area contributed by atoms with Gasteiger partial charge >= 0.3 is 0 Å². The number of para-hydroxylation sites is 1. The predicted molar refractivity (Wildman–Crippen MR) is 80.3 cm³/mol. The maximum atomic E-state index is 12.2. The van der Waals surface area contributed by atoms with Crippen LogP contribution in [0.4, 0.5) is 0 Å². The molecule has 1 fully saturated rings. The Morgan fingerprint density at radius 1 is 1.57 bits per heavy atom. The van der Waals surface area contributed by atoms with E-state index in [1.807, 2.05) is 19.1 Å². The molecule has 1 amide bonds. The molecule has 1 saturated heterocycles. The number of carbonyl (C=O) groups excluding carboxylic acids is 1. The smallest absolute Gasteiger partial charge is 0.250 e. The number of hydrogen-bond acceptors (Lipinski definition) is 4. The summed E-state index contributed by atoms with van der Waals surface area (Å²) in [5.41, 5.74) is 1.55. The van der Waals surface area contributed by atoms with Gasteiger partial charge in [-0.1, -0.05) is 23.7 Å². The first kappa shape index (κ1) is 14.3. The Labute approximate surface area is 127 Å². The summed E-state index contributed by atoms with van der Waals surface area (Å²) in [5.74, 6) is -0.132. The Hall–Kier alpha value is -1.63. The first-order chi connectivity index (χ1) is 10.2. The molecule has 2 heterocycles. The number of nitrogens with zero attached hydrogens (tertiary/aromatic N) is 1. The topological polar surface area (TPSA) is 79.0 Å². The van der Waals surface area contributed by atoms with Crippen molar-refractivity contribution in [2.75, 3.05) is 19.7 Å². The Morgan fingerprint density at radius 2 is 2.43 bits per heavy atom. The monoisotopic (exact) mass is 308 g/mol. The van der Waals surface area contributed by atoms with E-state index in [0.29, 0.717) is 18.2 Å². The molecule has 1 aliphatic rings. The molecule has 0 aliphatic carbocycles. The van der Waals surface area contributed by atoms with Crippen LogP contribution >= 0.6 is 11.6 Å². The lowest BCUT2D eigenvalue weighted by Gasteiger charge is -2.24. The van der Waals surface area contributed by atoms with Crippen LogP contribution in [0, 0.1) is 0 Å². The highest BCUT2D eigenvalue weighted by Gasteiger charge is 2.24. The maximum absolute atomic E-state index is 12.2. The normalized spacial score (nSPS) is 20.4. The quantitative estimate of drug-likeness (QED) is 0.800. The fourth-order valence-corrected chi connectivity index (χ4v) is 2.68. The average molecular weight is 309 g/mol.